The number of carbonyl (C=O) groups is 1. The molecule has 0 aliphatic carbocycles. The number of likely N-dealkylation sites (tertiary alicyclic amines) is 1. The molecule has 1 fully saturated rings. The van der Waals surface area contributed by atoms with Crippen molar-refractivity contribution in [1.82, 2.24) is 10.2 Å². The summed E-state index contributed by atoms with van der Waals surface area (Å²) < 4.78 is 11.2. The number of amides is 1. The lowest BCUT2D eigenvalue weighted by Crippen LogP contribution is -2.37. The van der Waals surface area contributed by atoms with Gasteiger partial charge in [-0.1, -0.05) is 35.7 Å². The average Bonchev–Trinajstić information content (AvgIpc) is 2.76. The van der Waals surface area contributed by atoms with Crippen molar-refractivity contribution in [3.8, 4) is 11.5 Å². The Kier molecular flexibility index (Phi) is 8.67. The monoisotopic (exact) mass is 450 g/mol. The first-order valence-electron chi connectivity index (χ1n) is 10.3. The molecule has 0 aromatic heterocycles. The van der Waals surface area contributed by atoms with Crippen LogP contribution in [0.2, 0.25) is 10.0 Å². The molecule has 1 saturated heterocycles. The molecule has 5 nitrogen and oxygen atoms in total. The molecule has 3 rings (SSSR count). The highest BCUT2D eigenvalue weighted by atomic mass is 35.5. The van der Waals surface area contributed by atoms with Gasteiger partial charge in [-0.05, 0) is 55.8 Å². The van der Waals surface area contributed by atoms with Crippen LogP contribution in [0.25, 0.3) is 0 Å². The molecule has 30 heavy (non-hydrogen) atoms. The number of nitrogens with one attached hydrogen (secondary N) is 1. The Balaban J connectivity index is 1.59. The van der Waals surface area contributed by atoms with Gasteiger partial charge in [0.05, 0.1) is 19.3 Å². The second kappa shape index (κ2) is 11.4. The predicted molar refractivity (Wildman–Crippen MR) is 121 cm³/mol. The number of halogens is 2. The van der Waals surface area contributed by atoms with E-state index in [1.165, 1.54) is 19.3 Å². The van der Waals surface area contributed by atoms with E-state index in [1.54, 1.807) is 37.4 Å². The summed E-state index contributed by atoms with van der Waals surface area (Å²) in [6.45, 7) is 4.08. The fourth-order valence-corrected chi connectivity index (χ4v) is 4.04. The van der Waals surface area contributed by atoms with Gasteiger partial charge in [0.15, 0.2) is 0 Å². The molecule has 0 bridgehead atoms. The lowest BCUT2D eigenvalue weighted by Gasteiger charge is -2.26. The van der Waals surface area contributed by atoms with E-state index in [2.05, 4.69) is 10.2 Å². The fraction of sp³-hybridized carbons (Fsp3) is 0.435. The largest absolute Gasteiger partial charge is 0.497 e. The molecular formula is C23H28Cl2N2O3. The van der Waals surface area contributed by atoms with Gasteiger partial charge in [-0.25, -0.2) is 0 Å². The second-order valence-electron chi connectivity index (χ2n) is 7.35. The van der Waals surface area contributed by atoms with E-state index in [-0.39, 0.29) is 5.91 Å². The highest BCUT2D eigenvalue weighted by Crippen LogP contribution is 2.26. The zero-order valence-corrected chi connectivity index (χ0v) is 18.8. The first kappa shape index (κ1) is 22.7. The molecule has 7 heteroatoms. The Morgan fingerprint density at radius 2 is 1.90 bits per heavy atom. The summed E-state index contributed by atoms with van der Waals surface area (Å²) in [5, 5.41) is 4.21. The van der Waals surface area contributed by atoms with Crippen LogP contribution in [0.15, 0.2) is 36.4 Å². The third-order valence-corrected chi connectivity index (χ3v) is 5.83. The SMILES string of the molecule is COc1ccc(C(=O)NCCN2CCCCC2)c(OCCc2ccc(Cl)cc2Cl)c1. The molecule has 2 aromatic rings. The summed E-state index contributed by atoms with van der Waals surface area (Å²) in [5.74, 6) is 0.989. The van der Waals surface area contributed by atoms with Crippen molar-refractivity contribution in [2.24, 2.45) is 0 Å². The first-order valence-corrected chi connectivity index (χ1v) is 11.1. The summed E-state index contributed by atoms with van der Waals surface area (Å²) in [7, 11) is 1.59. The van der Waals surface area contributed by atoms with Crippen LogP contribution in [-0.4, -0.2) is 50.7 Å². The summed E-state index contributed by atoms with van der Waals surface area (Å²) in [6, 6.07) is 10.6. The first-order chi connectivity index (χ1) is 14.6. The molecule has 0 spiro atoms. The van der Waals surface area contributed by atoms with Crippen LogP contribution in [-0.2, 0) is 6.42 Å². The summed E-state index contributed by atoms with van der Waals surface area (Å²) in [6.07, 6.45) is 4.38. The van der Waals surface area contributed by atoms with E-state index >= 15 is 0 Å². The van der Waals surface area contributed by atoms with E-state index in [0.717, 1.165) is 25.2 Å². The highest BCUT2D eigenvalue weighted by molar-refractivity contribution is 6.35. The molecule has 0 unspecified atom stereocenters. The maximum Gasteiger partial charge on any atom is 0.255 e. The highest BCUT2D eigenvalue weighted by Gasteiger charge is 2.15. The number of hydrogen-bond donors (Lipinski definition) is 1. The molecule has 1 aliphatic heterocycles. The summed E-state index contributed by atoms with van der Waals surface area (Å²) >= 11 is 12.2. The Labute approximate surface area is 188 Å². The zero-order chi connectivity index (χ0) is 21.3. The van der Waals surface area contributed by atoms with Crippen LogP contribution in [0.3, 0.4) is 0 Å². The van der Waals surface area contributed by atoms with Crippen molar-refractivity contribution < 1.29 is 14.3 Å². The third-order valence-electron chi connectivity index (χ3n) is 5.24. The molecule has 0 atom stereocenters. The van der Waals surface area contributed by atoms with Gasteiger partial charge in [-0.2, -0.15) is 0 Å². The summed E-state index contributed by atoms with van der Waals surface area (Å²) in [4.78, 5) is 15.1. The van der Waals surface area contributed by atoms with E-state index in [1.807, 2.05) is 6.07 Å². The second-order valence-corrected chi connectivity index (χ2v) is 8.20. The lowest BCUT2D eigenvalue weighted by molar-refractivity contribution is 0.0942. The fourth-order valence-electron chi connectivity index (χ4n) is 3.54. The maximum atomic E-state index is 12.7. The number of rotatable bonds is 9. The molecular weight excluding hydrogens is 423 g/mol. The van der Waals surface area contributed by atoms with Crippen LogP contribution in [0.4, 0.5) is 0 Å². The molecule has 0 saturated carbocycles. The van der Waals surface area contributed by atoms with Crippen LogP contribution in [0.1, 0.15) is 35.2 Å². The predicted octanol–water partition coefficient (Wildman–Crippen LogP) is 4.84. The lowest BCUT2D eigenvalue weighted by atomic mass is 10.1. The number of nitrogens with zero attached hydrogens (tertiary/aromatic N) is 1. The normalized spacial score (nSPS) is 14.4. The average molecular weight is 451 g/mol. The van der Waals surface area contributed by atoms with Gasteiger partial charge in [0, 0.05) is 35.6 Å². The molecule has 162 valence electrons. The van der Waals surface area contributed by atoms with E-state index in [4.69, 9.17) is 32.7 Å². The molecule has 1 N–H and O–H groups in total. The number of ether oxygens (including phenoxy) is 2. The van der Waals surface area contributed by atoms with Gasteiger partial charge in [0.2, 0.25) is 0 Å². The smallest absolute Gasteiger partial charge is 0.255 e. The van der Waals surface area contributed by atoms with E-state index < -0.39 is 0 Å². The topological polar surface area (TPSA) is 50.8 Å². The van der Waals surface area contributed by atoms with Gasteiger partial charge in [-0.15, -0.1) is 0 Å². The van der Waals surface area contributed by atoms with Crippen molar-refractivity contribution in [3.63, 3.8) is 0 Å². The third kappa shape index (κ3) is 6.53. The quantitative estimate of drug-likeness (QED) is 0.593. The Hall–Kier alpha value is -1.95. The van der Waals surface area contributed by atoms with Gasteiger partial charge >= 0.3 is 0 Å². The standard InChI is InChI=1S/C23H28Cl2N2O3/c1-29-19-7-8-20(23(28)26-10-13-27-11-3-2-4-12-27)22(16-19)30-14-9-17-5-6-18(24)15-21(17)25/h5-8,15-16H,2-4,9-14H2,1H3,(H,26,28). The molecule has 1 aliphatic rings. The van der Waals surface area contributed by atoms with Gasteiger partial charge in [0.25, 0.3) is 5.91 Å². The van der Waals surface area contributed by atoms with Gasteiger partial charge in [-0.3, -0.25) is 4.79 Å². The van der Waals surface area contributed by atoms with Gasteiger partial charge in [0.1, 0.15) is 11.5 Å². The van der Waals surface area contributed by atoms with Crippen LogP contribution < -0.4 is 14.8 Å². The Morgan fingerprint density at radius 3 is 2.63 bits per heavy atom. The van der Waals surface area contributed by atoms with Crippen LogP contribution >= 0.6 is 23.2 Å². The van der Waals surface area contributed by atoms with E-state index in [0.29, 0.717) is 46.7 Å². The van der Waals surface area contributed by atoms with Crippen molar-refractivity contribution in [2.45, 2.75) is 25.7 Å². The molecule has 0 radical (unpaired) electrons. The van der Waals surface area contributed by atoms with Crippen LogP contribution in [0.5, 0.6) is 11.5 Å². The Morgan fingerprint density at radius 1 is 1.10 bits per heavy atom. The maximum absolute atomic E-state index is 12.7. The molecule has 1 heterocycles. The van der Waals surface area contributed by atoms with Gasteiger partial charge < -0.3 is 19.7 Å². The molecule has 1 amide bonds. The van der Waals surface area contributed by atoms with Crippen molar-refractivity contribution in [1.29, 1.82) is 0 Å². The summed E-state index contributed by atoms with van der Waals surface area (Å²) in [5.41, 5.74) is 1.44. The number of methoxy groups -OCH3 is 1. The number of hydrogen-bond acceptors (Lipinski definition) is 4. The molecule has 2 aromatic carbocycles. The number of piperidine rings is 1. The number of benzene rings is 2. The van der Waals surface area contributed by atoms with Crippen molar-refractivity contribution >= 4 is 29.1 Å². The minimum Gasteiger partial charge on any atom is -0.497 e. The minimum atomic E-state index is -0.144. The number of carbonyl (C=O) groups excluding carboxylic acids is 1. The van der Waals surface area contributed by atoms with Crippen molar-refractivity contribution in [3.05, 3.63) is 57.6 Å². The van der Waals surface area contributed by atoms with Crippen molar-refractivity contribution in [2.75, 3.05) is 39.9 Å². The minimum absolute atomic E-state index is 0.144. The Bertz CT molecular complexity index is 854. The van der Waals surface area contributed by atoms with E-state index in [9.17, 15) is 4.79 Å². The zero-order valence-electron chi connectivity index (χ0n) is 17.3. The van der Waals surface area contributed by atoms with Crippen LogP contribution in [0, 0.1) is 0 Å².